The minimum Gasteiger partial charge on any atom is -0.292 e. The Balaban J connectivity index is 2.12. The second-order valence-electron chi connectivity index (χ2n) is 5.92. The summed E-state index contributed by atoms with van der Waals surface area (Å²) in [6.07, 6.45) is 8.68. The summed E-state index contributed by atoms with van der Waals surface area (Å²) in [6, 6.07) is 0. The fraction of sp³-hybridized carbons (Fsp3) is 0.571. The monoisotopic (exact) mass is 298 g/mol. The van der Waals surface area contributed by atoms with Gasteiger partial charge in [0.25, 0.3) is 0 Å². The third kappa shape index (κ3) is 1.85. The van der Waals surface area contributed by atoms with Crippen molar-refractivity contribution in [2.24, 2.45) is 33.4 Å². The topological polar surface area (TPSA) is 132 Å². The fourth-order valence-electron chi connectivity index (χ4n) is 4.43. The number of fused-ring (bicyclic) bond motifs is 1. The van der Waals surface area contributed by atoms with Crippen LogP contribution in [-0.4, -0.2) is 11.8 Å². The lowest BCUT2D eigenvalue weighted by Crippen LogP contribution is -2.53. The maximum Gasteiger partial charge on any atom is 0.245 e. The van der Waals surface area contributed by atoms with Gasteiger partial charge in [-0.05, 0) is 64.7 Å². The van der Waals surface area contributed by atoms with Crippen molar-refractivity contribution in [1.29, 1.82) is 0 Å². The Morgan fingerprint density at radius 1 is 1.18 bits per heavy atom. The zero-order chi connectivity index (χ0) is 15.7. The molecule has 4 aliphatic rings. The van der Waals surface area contributed by atoms with Crippen molar-refractivity contribution >= 4 is 11.8 Å². The molecule has 0 saturated heterocycles. The molecule has 0 aromatic heterocycles. The van der Waals surface area contributed by atoms with Gasteiger partial charge in [-0.1, -0.05) is 18.2 Å². The highest BCUT2D eigenvalue weighted by Gasteiger charge is 2.58. The van der Waals surface area contributed by atoms with Crippen molar-refractivity contribution in [1.82, 2.24) is 0 Å². The van der Waals surface area contributed by atoms with E-state index in [1.807, 2.05) is 12.2 Å². The maximum absolute atomic E-state index is 12.5. The van der Waals surface area contributed by atoms with Gasteiger partial charge in [-0.2, -0.15) is 0 Å². The van der Waals surface area contributed by atoms with Crippen LogP contribution in [0.3, 0.4) is 0 Å². The molecule has 0 aromatic carbocycles. The summed E-state index contributed by atoms with van der Waals surface area (Å²) in [5, 5.41) is 6.54. The molecule has 0 aliphatic heterocycles. The van der Waals surface area contributed by atoms with Crippen molar-refractivity contribution in [2.45, 2.75) is 25.7 Å². The molecule has 4 unspecified atom stereocenters. The maximum atomic E-state index is 12.5. The van der Waals surface area contributed by atoms with Gasteiger partial charge in [0.2, 0.25) is 11.8 Å². The molecule has 4 atom stereocenters. The van der Waals surface area contributed by atoms with E-state index in [1.165, 1.54) is 0 Å². The second kappa shape index (κ2) is 5.33. The molecule has 0 heterocycles. The molecule has 8 heteroatoms. The second-order valence-corrected chi connectivity index (χ2v) is 5.92. The van der Waals surface area contributed by atoms with Crippen LogP contribution in [0.25, 0.3) is 20.9 Å². The van der Waals surface area contributed by atoms with Gasteiger partial charge in [-0.3, -0.25) is 9.59 Å². The normalized spacial score (nSPS) is 34.7. The van der Waals surface area contributed by atoms with Gasteiger partial charge in [0.1, 0.15) is 0 Å². The number of carbonyl (C=O) groups excluding carboxylic acids is 2. The fourth-order valence-corrected chi connectivity index (χ4v) is 4.43. The van der Waals surface area contributed by atoms with Crippen LogP contribution in [0.2, 0.25) is 0 Å². The number of carbonyl (C=O) groups is 2. The molecule has 0 radical (unpaired) electrons. The quantitative estimate of drug-likeness (QED) is 0.333. The highest BCUT2D eigenvalue weighted by Crippen LogP contribution is 2.60. The predicted octanol–water partition coefficient (Wildman–Crippen LogP) is 3.58. The lowest BCUT2D eigenvalue weighted by molar-refractivity contribution is -0.136. The summed E-state index contributed by atoms with van der Waals surface area (Å²) in [5.41, 5.74) is 16.8. The van der Waals surface area contributed by atoms with E-state index in [0.29, 0.717) is 5.57 Å². The molecule has 112 valence electrons. The zero-order valence-corrected chi connectivity index (χ0v) is 11.8. The van der Waals surface area contributed by atoms with Crippen molar-refractivity contribution in [3.63, 3.8) is 0 Å². The average molecular weight is 298 g/mol. The van der Waals surface area contributed by atoms with Gasteiger partial charge in [-0.25, -0.2) is 0 Å². The summed E-state index contributed by atoms with van der Waals surface area (Å²) >= 11 is 0. The Kier molecular flexibility index (Phi) is 3.48. The molecule has 0 N–H and O–H groups in total. The molecular formula is C14H14N6O2. The number of hydrogen-bond donors (Lipinski definition) is 0. The van der Waals surface area contributed by atoms with E-state index in [1.54, 1.807) is 6.08 Å². The number of nitrogens with zero attached hydrogens (tertiary/aromatic N) is 6. The number of allylic oxidation sites excluding steroid dienone is 2. The third-order valence-electron chi connectivity index (χ3n) is 5.21. The van der Waals surface area contributed by atoms with Gasteiger partial charge in [0.05, 0.1) is 5.41 Å². The Hall–Kier alpha value is -2.56. The molecular weight excluding hydrogens is 284 g/mol. The first-order valence-electron chi connectivity index (χ1n) is 7.23. The highest BCUT2D eigenvalue weighted by atomic mass is 16.2. The summed E-state index contributed by atoms with van der Waals surface area (Å²) in [6.45, 7) is 0. The summed E-state index contributed by atoms with van der Waals surface area (Å²) in [5.74, 6) is -1.42. The van der Waals surface area contributed by atoms with Crippen LogP contribution >= 0.6 is 0 Å². The van der Waals surface area contributed by atoms with Gasteiger partial charge in [0.15, 0.2) is 0 Å². The van der Waals surface area contributed by atoms with E-state index in [-0.39, 0.29) is 17.8 Å². The average Bonchev–Trinajstić information content (AvgIpc) is 2.55. The highest BCUT2D eigenvalue weighted by molar-refractivity contribution is 5.96. The van der Waals surface area contributed by atoms with Gasteiger partial charge in [0, 0.05) is 15.4 Å². The molecule has 8 nitrogen and oxygen atoms in total. The van der Waals surface area contributed by atoms with E-state index in [4.69, 9.17) is 11.1 Å². The first-order chi connectivity index (χ1) is 10.6. The van der Waals surface area contributed by atoms with Crippen molar-refractivity contribution < 1.29 is 9.59 Å². The van der Waals surface area contributed by atoms with Crippen molar-refractivity contribution in [2.75, 3.05) is 0 Å². The molecule has 1 fully saturated rings. The van der Waals surface area contributed by atoms with Crippen molar-refractivity contribution in [3.8, 4) is 0 Å². The number of rotatable bonds is 2. The SMILES string of the molecule is [N-]=[N+]=NC(=O)C1=CC2CCC1C1CCC=CC21C(=O)N=[N+]=[N-]. The first kappa shape index (κ1) is 14.4. The van der Waals surface area contributed by atoms with Crippen LogP contribution < -0.4 is 0 Å². The van der Waals surface area contributed by atoms with Crippen LogP contribution in [-0.2, 0) is 9.59 Å². The van der Waals surface area contributed by atoms with E-state index >= 15 is 0 Å². The summed E-state index contributed by atoms with van der Waals surface area (Å²) in [7, 11) is 0. The molecule has 0 spiro atoms. The summed E-state index contributed by atoms with van der Waals surface area (Å²) < 4.78 is 0. The minimum absolute atomic E-state index is 0.0768. The predicted molar refractivity (Wildman–Crippen MR) is 76.9 cm³/mol. The number of azide groups is 2. The Labute approximate surface area is 126 Å². The molecule has 0 aromatic rings. The van der Waals surface area contributed by atoms with Gasteiger partial charge in [-0.15, -0.1) is 0 Å². The zero-order valence-electron chi connectivity index (χ0n) is 11.8. The van der Waals surface area contributed by atoms with Crippen LogP contribution in [0.5, 0.6) is 0 Å². The van der Waals surface area contributed by atoms with Crippen LogP contribution in [0.15, 0.2) is 34.0 Å². The first-order valence-corrected chi connectivity index (χ1v) is 7.23. The van der Waals surface area contributed by atoms with E-state index in [2.05, 4.69) is 20.1 Å². The summed E-state index contributed by atoms with van der Waals surface area (Å²) in [4.78, 5) is 29.7. The standard InChI is InChI=1S/C14H14N6O2/c15-19-17-12(21)10-7-8-4-5-9(10)11-3-1-2-6-14(8,11)13(22)18-20-16/h2,6-9,11H,1,3-5H2. The Bertz CT molecular complexity index is 698. The molecule has 1 saturated carbocycles. The van der Waals surface area contributed by atoms with Crippen LogP contribution in [0, 0.1) is 23.2 Å². The lowest BCUT2D eigenvalue weighted by atomic mass is 9.48. The smallest absolute Gasteiger partial charge is 0.245 e. The van der Waals surface area contributed by atoms with Crippen LogP contribution in [0.4, 0.5) is 0 Å². The number of amides is 2. The molecule has 4 aliphatic carbocycles. The molecule has 2 bridgehead atoms. The molecule has 2 amide bonds. The van der Waals surface area contributed by atoms with Gasteiger partial charge >= 0.3 is 0 Å². The number of hydrogen-bond acceptors (Lipinski definition) is 2. The lowest BCUT2D eigenvalue weighted by Gasteiger charge is -2.54. The third-order valence-corrected chi connectivity index (χ3v) is 5.21. The van der Waals surface area contributed by atoms with E-state index in [9.17, 15) is 9.59 Å². The molecule has 22 heavy (non-hydrogen) atoms. The largest absolute Gasteiger partial charge is 0.292 e. The van der Waals surface area contributed by atoms with Crippen molar-refractivity contribution in [3.05, 3.63) is 44.7 Å². The Morgan fingerprint density at radius 2 is 1.95 bits per heavy atom. The van der Waals surface area contributed by atoms with E-state index < -0.39 is 17.2 Å². The minimum atomic E-state index is -0.840. The Morgan fingerprint density at radius 3 is 2.68 bits per heavy atom. The van der Waals surface area contributed by atoms with E-state index in [0.717, 1.165) is 25.7 Å². The molecule has 4 rings (SSSR count). The van der Waals surface area contributed by atoms with Gasteiger partial charge < -0.3 is 0 Å². The van der Waals surface area contributed by atoms with Crippen LogP contribution in [0.1, 0.15) is 25.7 Å².